The molecule has 4 rings (SSSR count). The van der Waals surface area contributed by atoms with Crippen LogP contribution in [0.4, 0.5) is 5.69 Å². The number of ketones is 1. The number of nitrogens with zero attached hydrogens (tertiary/aromatic N) is 1. The highest BCUT2D eigenvalue weighted by atomic mass is 35.5. The molecule has 1 aliphatic carbocycles. The summed E-state index contributed by atoms with van der Waals surface area (Å²) >= 11 is 13.5. The number of thioether (sulfide) groups is 1. The number of dihydropyridines is 1. The zero-order valence-corrected chi connectivity index (χ0v) is 22.0. The number of carbonyl (C=O) groups excluding carboxylic acids is 2. The molecule has 2 aliphatic rings. The number of amides is 1. The minimum absolute atomic E-state index is 0.0366. The Morgan fingerprint density at radius 1 is 1.20 bits per heavy atom. The predicted molar refractivity (Wildman–Crippen MR) is 142 cm³/mol. The van der Waals surface area contributed by atoms with Crippen molar-refractivity contribution >= 4 is 52.3 Å². The van der Waals surface area contributed by atoms with E-state index in [1.54, 1.807) is 24.3 Å². The first-order valence-corrected chi connectivity index (χ1v) is 12.9. The molecule has 8 heteroatoms. The number of halogens is 2. The molecule has 180 valence electrons. The van der Waals surface area contributed by atoms with Gasteiger partial charge in [-0.05, 0) is 54.2 Å². The first-order chi connectivity index (χ1) is 16.6. The van der Waals surface area contributed by atoms with Crippen LogP contribution in [-0.2, 0) is 9.59 Å². The smallest absolute Gasteiger partial charge is 0.234 e. The van der Waals surface area contributed by atoms with Crippen LogP contribution < -0.4 is 10.6 Å². The van der Waals surface area contributed by atoms with Crippen molar-refractivity contribution in [2.45, 2.75) is 39.5 Å². The molecule has 35 heavy (non-hydrogen) atoms. The average molecular weight is 526 g/mol. The Labute approximate surface area is 219 Å². The minimum atomic E-state index is -0.501. The summed E-state index contributed by atoms with van der Waals surface area (Å²) in [5.74, 6) is -0.593. The minimum Gasteiger partial charge on any atom is -0.352 e. The van der Waals surface area contributed by atoms with E-state index in [0.717, 1.165) is 16.8 Å². The van der Waals surface area contributed by atoms with Crippen LogP contribution in [0.25, 0.3) is 0 Å². The molecule has 1 heterocycles. The van der Waals surface area contributed by atoms with E-state index in [4.69, 9.17) is 23.2 Å². The van der Waals surface area contributed by atoms with Gasteiger partial charge in [0.2, 0.25) is 5.91 Å². The number of nitriles is 1. The molecule has 0 spiro atoms. The van der Waals surface area contributed by atoms with Gasteiger partial charge in [-0.3, -0.25) is 9.59 Å². The molecule has 0 bridgehead atoms. The van der Waals surface area contributed by atoms with Crippen molar-refractivity contribution in [2.24, 2.45) is 5.41 Å². The number of Topliss-reactive ketones (excluding diaryl/α,β-unsaturated/α-hetero) is 1. The van der Waals surface area contributed by atoms with Crippen LogP contribution in [0.15, 0.2) is 64.3 Å². The molecule has 2 aromatic rings. The molecular weight excluding hydrogens is 501 g/mol. The Balaban J connectivity index is 1.63. The van der Waals surface area contributed by atoms with E-state index in [-0.39, 0.29) is 22.9 Å². The first kappa shape index (κ1) is 25.4. The molecular formula is C27H25Cl2N3O2S. The molecule has 1 amide bonds. The van der Waals surface area contributed by atoms with E-state index in [1.807, 2.05) is 25.1 Å². The SMILES string of the molecule is Cc1ccc(NC(=O)CSC2=C(C#N)[C@@H](c3ccc(Cl)cc3)C3=C(CC(C)(C)CC3=O)N2)cc1Cl. The summed E-state index contributed by atoms with van der Waals surface area (Å²) in [6.45, 7) is 6.01. The first-order valence-electron chi connectivity index (χ1n) is 11.2. The zero-order chi connectivity index (χ0) is 25.3. The van der Waals surface area contributed by atoms with Gasteiger partial charge in [0, 0.05) is 33.4 Å². The second-order valence-corrected chi connectivity index (χ2v) is 11.4. The lowest BCUT2D eigenvalue weighted by Gasteiger charge is -2.39. The van der Waals surface area contributed by atoms with E-state index in [0.29, 0.717) is 44.7 Å². The van der Waals surface area contributed by atoms with Gasteiger partial charge < -0.3 is 10.6 Å². The van der Waals surface area contributed by atoms with Gasteiger partial charge in [0.25, 0.3) is 0 Å². The van der Waals surface area contributed by atoms with Crippen LogP contribution in [-0.4, -0.2) is 17.4 Å². The number of hydrogen-bond acceptors (Lipinski definition) is 5. The lowest BCUT2D eigenvalue weighted by Crippen LogP contribution is -2.37. The van der Waals surface area contributed by atoms with Gasteiger partial charge in [-0.1, -0.05) is 67.0 Å². The molecule has 0 aromatic heterocycles. The van der Waals surface area contributed by atoms with Crippen LogP contribution >= 0.6 is 35.0 Å². The van der Waals surface area contributed by atoms with E-state index in [9.17, 15) is 14.9 Å². The summed E-state index contributed by atoms with van der Waals surface area (Å²) < 4.78 is 0. The lowest BCUT2D eigenvalue weighted by molar-refractivity contribution is -0.118. The highest BCUT2D eigenvalue weighted by Gasteiger charge is 2.41. The fraction of sp³-hybridized carbons (Fsp3) is 0.296. The molecule has 2 aromatic carbocycles. The lowest BCUT2D eigenvalue weighted by atomic mass is 9.69. The molecule has 1 atom stereocenters. The Morgan fingerprint density at radius 3 is 2.57 bits per heavy atom. The molecule has 5 nitrogen and oxygen atoms in total. The average Bonchev–Trinajstić information content (AvgIpc) is 2.79. The van der Waals surface area contributed by atoms with Crippen molar-refractivity contribution in [1.82, 2.24) is 5.32 Å². The maximum absolute atomic E-state index is 13.2. The normalized spacial score (nSPS) is 19.1. The number of allylic oxidation sites excluding steroid dienone is 3. The van der Waals surface area contributed by atoms with E-state index in [1.165, 1.54) is 11.8 Å². The second kappa shape index (κ2) is 10.1. The summed E-state index contributed by atoms with van der Waals surface area (Å²) in [6.07, 6.45) is 1.09. The number of rotatable bonds is 5. The van der Waals surface area contributed by atoms with Crippen molar-refractivity contribution < 1.29 is 9.59 Å². The number of anilines is 1. The zero-order valence-electron chi connectivity index (χ0n) is 19.7. The fourth-order valence-electron chi connectivity index (χ4n) is 4.48. The largest absolute Gasteiger partial charge is 0.352 e. The Morgan fingerprint density at radius 2 is 1.91 bits per heavy atom. The van der Waals surface area contributed by atoms with Crippen LogP contribution in [0, 0.1) is 23.7 Å². The predicted octanol–water partition coefficient (Wildman–Crippen LogP) is 6.74. The monoisotopic (exact) mass is 525 g/mol. The third-order valence-electron chi connectivity index (χ3n) is 6.13. The summed E-state index contributed by atoms with van der Waals surface area (Å²) in [6, 6.07) is 14.9. The number of carbonyl (C=O) groups is 2. The number of nitrogens with one attached hydrogen (secondary N) is 2. The van der Waals surface area contributed by atoms with E-state index < -0.39 is 5.92 Å². The van der Waals surface area contributed by atoms with Crippen molar-refractivity contribution in [3.05, 3.63) is 85.5 Å². The summed E-state index contributed by atoms with van der Waals surface area (Å²) in [7, 11) is 0. The van der Waals surface area contributed by atoms with E-state index in [2.05, 4.69) is 30.6 Å². The third kappa shape index (κ3) is 5.59. The van der Waals surface area contributed by atoms with E-state index >= 15 is 0 Å². The van der Waals surface area contributed by atoms with Gasteiger partial charge in [-0.25, -0.2) is 0 Å². The summed E-state index contributed by atoms with van der Waals surface area (Å²) in [5.41, 5.74) is 4.04. The molecule has 1 aliphatic heterocycles. The third-order valence-corrected chi connectivity index (χ3v) is 7.81. The topological polar surface area (TPSA) is 82.0 Å². The Hall–Kier alpha value is -2.72. The van der Waals surface area contributed by atoms with Gasteiger partial charge in [-0.15, -0.1) is 0 Å². The standard InChI is InChI=1S/C27H25Cl2N3O2S/c1-15-4-9-18(10-20(15)29)31-23(34)14-35-26-19(13-30)24(16-5-7-17(28)8-6-16)25-21(32-26)11-27(2,3)12-22(25)33/h4-10,24,32H,11-12,14H2,1-3H3,(H,31,34)/t24-/m1/s1. The molecule has 0 saturated carbocycles. The highest BCUT2D eigenvalue weighted by Crippen LogP contribution is 2.47. The molecule has 2 N–H and O–H groups in total. The second-order valence-electron chi connectivity index (χ2n) is 9.60. The maximum atomic E-state index is 13.2. The number of benzene rings is 2. The Bertz CT molecular complexity index is 1310. The number of hydrogen-bond donors (Lipinski definition) is 2. The summed E-state index contributed by atoms with van der Waals surface area (Å²) in [5, 5.41) is 18.1. The van der Waals surface area contributed by atoms with Gasteiger partial charge in [-0.2, -0.15) is 5.26 Å². The maximum Gasteiger partial charge on any atom is 0.234 e. The quantitative estimate of drug-likeness (QED) is 0.451. The van der Waals surface area contributed by atoms with Gasteiger partial charge in [0.1, 0.15) is 0 Å². The van der Waals surface area contributed by atoms with Gasteiger partial charge in [0.05, 0.1) is 28.3 Å². The highest BCUT2D eigenvalue weighted by molar-refractivity contribution is 8.03. The Kier molecular flexibility index (Phi) is 7.32. The molecule has 0 radical (unpaired) electrons. The molecule has 0 fully saturated rings. The van der Waals surface area contributed by atoms with Gasteiger partial charge in [0.15, 0.2) is 5.78 Å². The molecule has 0 saturated heterocycles. The fourth-order valence-corrected chi connectivity index (χ4v) is 5.65. The van der Waals surface area contributed by atoms with Crippen LogP contribution in [0.2, 0.25) is 10.0 Å². The van der Waals surface area contributed by atoms with Crippen LogP contribution in [0.3, 0.4) is 0 Å². The van der Waals surface area contributed by atoms with Crippen LogP contribution in [0.1, 0.15) is 43.7 Å². The van der Waals surface area contributed by atoms with Crippen molar-refractivity contribution in [2.75, 3.05) is 11.1 Å². The van der Waals surface area contributed by atoms with Crippen molar-refractivity contribution in [1.29, 1.82) is 5.26 Å². The van der Waals surface area contributed by atoms with Crippen molar-refractivity contribution in [3.8, 4) is 6.07 Å². The van der Waals surface area contributed by atoms with Crippen molar-refractivity contribution in [3.63, 3.8) is 0 Å². The molecule has 0 unspecified atom stereocenters. The van der Waals surface area contributed by atoms with Gasteiger partial charge >= 0.3 is 0 Å². The number of aryl methyl sites for hydroxylation is 1. The van der Waals surface area contributed by atoms with Crippen LogP contribution in [0.5, 0.6) is 0 Å². The summed E-state index contributed by atoms with van der Waals surface area (Å²) in [4.78, 5) is 25.9.